The van der Waals surface area contributed by atoms with Gasteiger partial charge in [-0.25, -0.2) is 4.68 Å². The smallest absolute Gasteiger partial charge is 0.310 e. The number of rotatable bonds is 5. The fourth-order valence-corrected chi connectivity index (χ4v) is 4.17. The molecule has 1 atom stereocenters. The Bertz CT molecular complexity index is 1130. The minimum Gasteiger partial charge on any atom is -0.466 e. The summed E-state index contributed by atoms with van der Waals surface area (Å²) in [5, 5.41) is 5.49. The van der Waals surface area contributed by atoms with E-state index in [-0.39, 0.29) is 17.8 Å². The summed E-state index contributed by atoms with van der Waals surface area (Å²) < 4.78 is 6.76. The van der Waals surface area contributed by atoms with E-state index < -0.39 is 0 Å². The molecule has 0 bridgehead atoms. The Labute approximate surface area is 196 Å². The highest BCUT2D eigenvalue weighted by Gasteiger charge is 2.31. The molecule has 1 aromatic heterocycles. The van der Waals surface area contributed by atoms with E-state index in [1.54, 1.807) is 40.8 Å². The molecule has 6 nitrogen and oxygen atoms in total. The summed E-state index contributed by atoms with van der Waals surface area (Å²) in [6.07, 6.45) is 1.45. The fourth-order valence-electron chi connectivity index (χ4n) is 3.87. The van der Waals surface area contributed by atoms with Crippen molar-refractivity contribution in [3.8, 4) is 16.9 Å². The average molecular weight is 472 g/mol. The lowest BCUT2D eigenvalue weighted by molar-refractivity contribution is -0.149. The Morgan fingerprint density at radius 1 is 1.09 bits per heavy atom. The molecular weight excluding hydrogens is 449 g/mol. The van der Waals surface area contributed by atoms with Crippen molar-refractivity contribution in [3.63, 3.8) is 0 Å². The number of benzene rings is 2. The molecule has 4 rings (SSSR count). The Hall–Kier alpha value is -2.83. The van der Waals surface area contributed by atoms with Crippen LogP contribution in [0.1, 0.15) is 30.3 Å². The molecule has 1 fully saturated rings. The molecule has 1 aliphatic rings. The van der Waals surface area contributed by atoms with E-state index in [1.807, 2.05) is 30.3 Å². The average Bonchev–Trinajstić information content (AvgIpc) is 3.27. The van der Waals surface area contributed by atoms with E-state index >= 15 is 0 Å². The van der Waals surface area contributed by atoms with Crippen molar-refractivity contribution in [1.29, 1.82) is 0 Å². The number of amides is 1. The zero-order valence-corrected chi connectivity index (χ0v) is 19.1. The van der Waals surface area contributed by atoms with Crippen LogP contribution >= 0.6 is 23.2 Å². The predicted molar refractivity (Wildman–Crippen MR) is 124 cm³/mol. The first-order chi connectivity index (χ1) is 15.5. The van der Waals surface area contributed by atoms with Gasteiger partial charge in [-0.3, -0.25) is 9.59 Å². The summed E-state index contributed by atoms with van der Waals surface area (Å²) in [4.78, 5) is 27.5. The maximum absolute atomic E-state index is 13.6. The molecule has 2 heterocycles. The Balaban J connectivity index is 1.71. The van der Waals surface area contributed by atoms with Crippen LogP contribution in [0.15, 0.2) is 54.6 Å². The highest BCUT2D eigenvalue weighted by Crippen LogP contribution is 2.28. The number of carbonyl (C=O) groups excluding carboxylic acids is 2. The van der Waals surface area contributed by atoms with Crippen LogP contribution in [0.5, 0.6) is 0 Å². The molecule has 0 aliphatic carbocycles. The fraction of sp³-hybridized carbons (Fsp3) is 0.292. The van der Waals surface area contributed by atoms with Gasteiger partial charge in [-0.2, -0.15) is 5.10 Å². The maximum atomic E-state index is 13.6. The zero-order valence-electron chi connectivity index (χ0n) is 17.6. The van der Waals surface area contributed by atoms with Crippen LogP contribution < -0.4 is 0 Å². The van der Waals surface area contributed by atoms with E-state index in [0.717, 1.165) is 12.0 Å². The third-order valence-electron chi connectivity index (χ3n) is 5.47. The van der Waals surface area contributed by atoms with Gasteiger partial charge in [0.25, 0.3) is 5.91 Å². The topological polar surface area (TPSA) is 64.4 Å². The van der Waals surface area contributed by atoms with Crippen molar-refractivity contribution in [2.45, 2.75) is 19.8 Å². The standard InChI is InChI=1S/C24H23Cl2N3O3/c1-2-32-24(31)17-9-6-12-28(15-17)23(30)22-14-21(16-7-4-3-5-8-16)27-29(22)18-10-11-19(25)20(26)13-18/h3-5,7-8,10-11,13-14,17H,2,6,9,12,15H2,1H3. The second-order valence-corrected chi connectivity index (χ2v) is 8.45. The minimum atomic E-state index is -0.317. The SMILES string of the molecule is CCOC(=O)C1CCCN(C(=O)c2cc(-c3ccccc3)nn2-c2ccc(Cl)c(Cl)c2)C1. The van der Waals surface area contributed by atoms with Crippen molar-refractivity contribution < 1.29 is 14.3 Å². The molecule has 3 aromatic rings. The molecule has 0 spiro atoms. The van der Waals surface area contributed by atoms with Gasteiger partial charge in [0.1, 0.15) is 5.69 Å². The van der Waals surface area contributed by atoms with Crippen LogP contribution in [0.25, 0.3) is 16.9 Å². The van der Waals surface area contributed by atoms with Crippen LogP contribution in [0.2, 0.25) is 10.0 Å². The van der Waals surface area contributed by atoms with Gasteiger partial charge in [0.15, 0.2) is 0 Å². The molecule has 2 aromatic carbocycles. The van der Waals surface area contributed by atoms with Gasteiger partial charge in [-0.05, 0) is 44.0 Å². The maximum Gasteiger partial charge on any atom is 0.310 e. The highest BCUT2D eigenvalue weighted by molar-refractivity contribution is 6.42. The number of aromatic nitrogens is 2. The number of hydrogen-bond donors (Lipinski definition) is 0. The predicted octanol–water partition coefficient (Wildman–Crippen LogP) is 5.26. The van der Waals surface area contributed by atoms with E-state index in [1.165, 1.54) is 0 Å². The zero-order chi connectivity index (χ0) is 22.7. The Morgan fingerprint density at radius 2 is 1.88 bits per heavy atom. The molecule has 166 valence electrons. The molecule has 0 saturated carbocycles. The Morgan fingerprint density at radius 3 is 2.59 bits per heavy atom. The van der Waals surface area contributed by atoms with Crippen LogP contribution in [-0.4, -0.2) is 46.3 Å². The molecule has 1 amide bonds. The Kier molecular flexibility index (Phi) is 6.82. The molecular formula is C24H23Cl2N3O3. The van der Waals surface area contributed by atoms with Gasteiger partial charge in [-0.15, -0.1) is 0 Å². The van der Waals surface area contributed by atoms with Crippen LogP contribution in [-0.2, 0) is 9.53 Å². The van der Waals surface area contributed by atoms with Crippen molar-refractivity contribution in [2.24, 2.45) is 5.92 Å². The second-order valence-electron chi connectivity index (χ2n) is 7.63. The van der Waals surface area contributed by atoms with Crippen molar-refractivity contribution in [1.82, 2.24) is 14.7 Å². The largest absolute Gasteiger partial charge is 0.466 e. The molecule has 0 N–H and O–H groups in total. The van der Waals surface area contributed by atoms with E-state index in [0.29, 0.717) is 53.2 Å². The monoisotopic (exact) mass is 471 g/mol. The lowest BCUT2D eigenvalue weighted by Crippen LogP contribution is -2.43. The number of likely N-dealkylation sites (tertiary alicyclic amines) is 1. The molecule has 32 heavy (non-hydrogen) atoms. The van der Waals surface area contributed by atoms with Crippen molar-refractivity contribution in [3.05, 3.63) is 70.3 Å². The number of nitrogens with zero attached hydrogens (tertiary/aromatic N) is 3. The quantitative estimate of drug-likeness (QED) is 0.475. The third-order valence-corrected chi connectivity index (χ3v) is 6.21. The first-order valence-electron chi connectivity index (χ1n) is 10.5. The summed E-state index contributed by atoms with van der Waals surface area (Å²) >= 11 is 12.3. The highest BCUT2D eigenvalue weighted by atomic mass is 35.5. The summed E-state index contributed by atoms with van der Waals surface area (Å²) in [7, 11) is 0. The number of piperidine rings is 1. The summed E-state index contributed by atoms with van der Waals surface area (Å²) in [5.74, 6) is -0.768. The van der Waals surface area contributed by atoms with Gasteiger partial charge >= 0.3 is 5.97 Å². The van der Waals surface area contributed by atoms with Crippen molar-refractivity contribution >= 4 is 35.1 Å². The first kappa shape index (κ1) is 22.4. The van der Waals surface area contributed by atoms with Crippen molar-refractivity contribution in [2.75, 3.05) is 19.7 Å². The molecule has 1 saturated heterocycles. The van der Waals surface area contributed by atoms with Crippen LogP contribution in [0, 0.1) is 5.92 Å². The van der Waals surface area contributed by atoms with E-state index in [9.17, 15) is 9.59 Å². The lowest BCUT2D eigenvalue weighted by atomic mass is 9.98. The van der Waals surface area contributed by atoms with Gasteiger partial charge in [0.2, 0.25) is 0 Å². The third kappa shape index (κ3) is 4.66. The van der Waals surface area contributed by atoms with E-state index in [2.05, 4.69) is 0 Å². The van der Waals surface area contributed by atoms with Gasteiger partial charge in [0, 0.05) is 18.7 Å². The number of halogens is 2. The van der Waals surface area contributed by atoms with E-state index in [4.69, 9.17) is 33.0 Å². The molecule has 0 radical (unpaired) electrons. The number of ether oxygens (including phenoxy) is 1. The van der Waals surface area contributed by atoms with Gasteiger partial charge < -0.3 is 9.64 Å². The summed E-state index contributed by atoms with van der Waals surface area (Å²) in [6, 6.07) is 16.5. The van der Waals surface area contributed by atoms with Gasteiger partial charge in [0.05, 0.1) is 34.0 Å². The van der Waals surface area contributed by atoms with Crippen LogP contribution in [0.3, 0.4) is 0 Å². The number of carbonyl (C=O) groups is 2. The number of esters is 1. The minimum absolute atomic E-state index is 0.195. The summed E-state index contributed by atoms with van der Waals surface area (Å²) in [5.41, 5.74) is 2.58. The second kappa shape index (κ2) is 9.76. The molecule has 1 unspecified atom stereocenters. The van der Waals surface area contributed by atoms with Crippen LogP contribution in [0.4, 0.5) is 0 Å². The van der Waals surface area contributed by atoms with Gasteiger partial charge in [-0.1, -0.05) is 53.5 Å². The molecule has 8 heteroatoms. The summed E-state index contributed by atoms with van der Waals surface area (Å²) in [6.45, 7) is 3.01. The lowest BCUT2D eigenvalue weighted by Gasteiger charge is -2.31. The number of hydrogen-bond acceptors (Lipinski definition) is 4. The first-order valence-corrected chi connectivity index (χ1v) is 11.3. The normalized spacial score (nSPS) is 16.1. The molecule has 1 aliphatic heterocycles.